The van der Waals surface area contributed by atoms with Gasteiger partial charge in [0.25, 0.3) is 0 Å². The second-order valence-electron chi connectivity index (χ2n) is 18.0. The lowest BCUT2D eigenvalue weighted by atomic mass is 9.86. The van der Waals surface area contributed by atoms with E-state index in [0.29, 0.717) is 75.5 Å². The maximum absolute atomic E-state index is 13.0. The van der Waals surface area contributed by atoms with Crippen molar-refractivity contribution in [2.24, 2.45) is 0 Å². The molecule has 0 aliphatic carbocycles. The van der Waals surface area contributed by atoms with Crippen molar-refractivity contribution in [2.75, 3.05) is 117 Å². The molecule has 4 aromatic carbocycles. The van der Waals surface area contributed by atoms with Crippen LogP contribution in [0.15, 0.2) is 54.6 Å². The third-order valence-electron chi connectivity index (χ3n) is 14.0. The van der Waals surface area contributed by atoms with Crippen LogP contribution < -0.4 is 42.6 Å². The number of benzene rings is 4. The number of esters is 2. The highest BCUT2D eigenvalue weighted by Crippen LogP contribution is 2.46. The number of likely N-dealkylation sites (N-methyl/N-ethyl adjacent to an activating group) is 2. The van der Waals surface area contributed by atoms with Crippen LogP contribution in [-0.4, -0.2) is 138 Å². The summed E-state index contributed by atoms with van der Waals surface area (Å²) < 4.78 is 63.8. The lowest BCUT2D eigenvalue weighted by molar-refractivity contribution is -0.941. The van der Waals surface area contributed by atoms with Gasteiger partial charge in [0.1, 0.15) is 12.1 Å². The first-order valence-corrected chi connectivity index (χ1v) is 23.3. The molecule has 2 aliphatic heterocycles. The third-order valence-corrected chi connectivity index (χ3v) is 14.0. The number of nitrogens with zero attached hydrogens (tertiary/aromatic N) is 2. The van der Waals surface area contributed by atoms with Gasteiger partial charge in [-0.05, 0) is 70.8 Å². The summed E-state index contributed by atoms with van der Waals surface area (Å²) in [5.41, 5.74) is 6.96. The number of hydrogen-bond acceptors (Lipinski definition) is 13. The minimum absolute atomic E-state index is 0.0261. The van der Waals surface area contributed by atoms with Crippen molar-refractivity contribution in [1.82, 2.24) is 0 Å². The van der Waals surface area contributed by atoms with Crippen LogP contribution >= 0.6 is 0 Å². The van der Waals surface area contributed by atoms with E-state index < -0.39 is 11.9 Å². The van der Waals surface area contributed by atoms with Gasteiger partial charge in [0.05, 0.1) is 130 Å². The number of fused-ring (bicyclic) bond motifs is 2. The van der Waals surface area contributed by atoms with Gasteiger partial charge in [-0.1, -0.05) is 6.07 Å². The van der Waals surface area contributed by atoms with Crippen molar-refractivity contribution < 1.29 is 70.7 Å². The summed E-state index contributed by atoms with van der Waals surface area (Å²) in [7, 11) is 19.2. The molecule has 0 aromatic heterocycles. The number of rotatable bonds is 24. The summed E-state index contributed by atoms with van der Waals surface area (Å²) in [4.78, 5) is 25.9. The predicted molar refractivity (Wildman–Crippen MR) is 257 cm³/mol. The zero-order chi connectivity index (χ0) is 49.0. The van der Waals surface area contributed by atoms with Crippen LogP contribution in [0.5, 0.6) is 51.7 Å². The molecule has 15 heteroatoms. The summed E-state index contributed by atoms with van der Waals surface area (Å²) in [6.45, 7) is 3.76. The van der Waals surface area contributed by atoms with Gasteiger partial charge >= 0.3 is 11.9 Å². The summed E-state index contributed by atoms with van der Waals surface area (Å²) in [5.74, 6) is 5.02. The topological polar surface area (TPSA) is 136 Å². The minimum atomic E-state index is -0.422. The van der Waals surface area contributed by atoms with Gasteiger partial charge < -0.3 is 61.1 Å². The van der Waals surface area contributed by atoms with E-state index in [1.165, 1.54) is 22.3 Å². The molecule has 370 valence electrons. The van der Waals surface area contributed by atoms with Crippen molar-refractivity contribution in [1.29, 1.82) is 0 Å². The first kappa shape index (κ1) is 51.3. The van der Waals surface area contributed by atoms with Gasteiger partial charge in [0.2, 0.25) is 5.75 Å². The van der Waals surface area contributed by atoms with Crippen molar-refractivity contribution in [2.45, 2.75) is 63.5 Å². The Balaban J connectivity index is 1.03. The molecule has 0 bridgehead atoms. The lowest BCUT2D eigenvalue weighted by Gasteiger charge is -2.46. The SMILES string of the molecule is COc1ccc(CC2c3cc(OC)c(OC)cc3CC[N+]2(C)CCCOC(=O)CCC(=O)OCCC[N+]2(C)CCc3cc(OC)c(OC)cc3C2Cc2cc(OC)c(OC)c(OC)c2)cc1OC. The highest BCUT2D eigenvalue weighted by Gasteiger charge is 2.41. The van der Waals surface area contributed by atoms with Crippen LogP contribution in [0.1, 0.15) is 71.1 Å². The van der Waals surface area contributed by atoms with Gasteiger partial charge in [-0.25, -0.2) is 0 Å². The molecule has 2 heterocycles. The number of carbonyl (C=O) groups excluding carboxylic acids is 2. The van der Waals surface area contributed by atoms with E-state index >= 15 is 0 Å². The van der Waals surface area contributed by atoms with Gasteiger partial charge in [0.15, 0.2) is 46.0 Å². The number of carbonyl (C=O) groups is 2. The fraction of sp³-hybridized carbons (Fsp3) is 0.509. The Morgan fingerprint density at radius 1 is 0.471 bits per heavy atom. The van der Waals surface area contributed by atoms with Crippen LogP contribution in [0.3, 0.4) is 0 Å². The molecule has 0 radical (unpaired) electrons. The molecule has 0 N–H and O–H groups in total. The quantitative estimate of drug-likeness (QED) is 0.0387. The predicted octanol–water partition coefficient (Wildman–Crippen LogP) is 7.68. The van der Waals surface area contributed by atoms with E-state index in [2.05, 4.69) is 44.4 Å². The molecule has 4 unspecified atom stereocenters. The van der Waals surface area contributed by atoms with E-state index in [1.807, 2.05) is 24.3 Å². The van der Waals surface area contributed by atoms with E-state index in [9.17, 15) is 9.59 Å². The Labute approximate surface area is 402 Å². The van der Waals surface area contributed by atoms with Crippen LogP contribution in [0.2, 0.25) is 0 Å². The number of methoxy groups -OCH3 is 9. The molecule has 4 atom stereocenters. The highest BCUT2D eigenvalue weighted by molar-refractivity contribution is 5.77. The standard InChI is InChI=1S/C53H72N2O13/c1-54(22-18-37-31-45(60-5)47(62-7)33-39(37)41(54)26-35-14-15-43(58-3)44(28-35)59-4)20-12-24-67-51(56)16-17-52(57)68-25-13-21-55(2)23-19-38-32-46(61-6)48(63-8)34-40(38)42(55)27-36-29-49(64-9)53(66-11)50(30-36)65-10/h14-15,28-34,41-42H,12-13,16-27H2,1-11H3/q+2. The number of hydrogen-bond donors (Lipinski definition) is 0. The maximum atomic E-state index is 13.0. The van der Waals surface area contributed by atoms with Crippen molar-refractivity contribution >= 4 is 11.9 Å². The van der Waals surface area contributed by atoms with E-state index in [0.717, 1.165) is 61.1 Å². The summed E-state index contributed by atoms with van der Waals surface area (Å²) >= 11 is 0. The first-order valence-electron chi connectivity index (χ1n) is 23.3. The van der Waals surface area contributed by atoms with E-state index in [1.54, 1.807) is 64.0 Å². The highest BCUT2D eigenvalue weighted by atomic mass is 16.5. The second-order valence-corrected chi connectivity index (χ2v) is 18.0. The summed E-state index contributed by atoms with van der Waals surface area (Å²) in [6, 6.07) is 18.5. The first-order chi connectivity index (χ1) is 32.8. The molecule has 4 aromatic rings. The van der Waals surface area contributed by atoms with Crippen LogP contribution in [0, 0.1) is 0 Å². The second kappa shape index (κ2) is 23.3. The molecular formula is C53H72N2O13+2. The molecule has 0 spiro atoms. The van der Waals surface area contributed by atoms with E-state index in [4.69, 9.17) is 52.1 Å². The Morgan fingerprint density at radius 3 is 1.26 bits per heavy atom. The zero-order valence-corrected chi connectivity index (χ0v) is 42.0. The smallest absolute Gasteiger partial charge is 0.306 e. The average molecular weight is 945 g/mol. The molecular weight excluding hydrogens is 873 g/mol. The molecule has 6 rings (SSSR count). The molecule has 0 saturated heterocycles. The normalized spacial score (nSPS) is 19.4. The molecule has 68 heavy (non-hydrogen) atoms. The lowest BCUT2D eigenvalue weighted by Crippen LogP contribution is -2.52. The molecule has 0 saturated carbocycles. The monoisotopic (exact) mass is 945 g/mol. The fourth-order valence-corrected chi connectivity index (χ4v) is 10.1. The van der Waals surface area contributed by atoms with Crippen LogP contribution in [-0.2, 0) is 44.7 Å². The van der Waals surface area contributed by atoms with E-state index in [-0.39, 0.29) is 38.1 Å². The Morgan fingerprint density at radius 2 is 0.853 bits per heavy atom. The molecule has 0 fully saturated rings. The van der Waals surface area contributed by atoms with Crippen molar-refractivity contribution in [3.05, 3.63) is 88.0 Å². The van der Waals surface area contributed by atoms with Crippen molar-refractivity contribution in [3.8, 4) is 51.7 Å². The number of quaternary nitrogens is 2. The van der Waals surface area contributed by atoms with Gasteiger partial charge in [-0.3, -0.25) is 9.59 Å². The van der Waals surface area contributed by atoms with Crippen LogP contribution in [0.25, 0.3) is 0 Å². The molecule has 0 amide bonds. The zero-order valence-electron chi connectivity index (χ0n) is 42.0. The molecule has 15 nitrogen and oxygen atoms in total. The van der Waals surface area contributed by atoms with Crippen LogP contribution in [0.4, 0.5) is 0 Å². The fourth-order valence-electron chi connectivity index (χ4n) is 10.1. The molecule has 2 aliphatic rings. The van der Waals surface area contributed by atoms with Gasteiger partial charge in [-0.2, -0.15) is 0 Å². The Kier molecular flexibility index (Phi) is 17.6. The van der Waals surface area contributed by atoms with Gasteiger partial charge in [0, 0.05) is 49.7 Å². The summed E-state index contributed by atoms with van der Waals surface area (Å²) in [5, 5.41) is 0. The number of ether oxygens (including phenoxy) is 11. The Hall–Kier alpha value is -6.06. The van der Waals surface area contributed by atoms with Crippen molar-refractivity contribution in [3.63, 3.8) is 0 Å². The van der Waals surface area contributed by atoms with Gasteiger partial charge in [-0.15, -0.1) is 0 Å². The summed E-state index contributed by atoms with van der Waals surface area (Å²) in [6.07, 6.45) is 4.32. The maximum Gasteiger partial charge on any atom is 0.306 e. The minimum Gasteiger partial charge on any atom is -0.493 e. The largest absolute Gasteiger partial charge is 0.493 e. The average Bonchev–Trinajstić information content (AvgIpc) is 3.36. The Bertz CT molecular complexity index is 2350. The third kappa shape index (κ3) is 11.6.